The van der Waals surface area contributed by atoms with Crippen LogP contribution in [0, 0.1) is 10.8 Å². The third-order valence-electron chi connectivity index (χ3n) is 4.96. The number of hydrogen-bond donors (Lipinski definition) is 3. The Morgan fingerprint density at radius 3 is 2.71 bits per heavy atom. The molecule has 0 atom stereocenters. The average Bonchev–Trinajstić information content (AvgIpc) is 3.33. The average molecular weight is 330 g/mol. The monoisotopic (exact) mass is 330 g/mol. The van der Waals surface area contributed by atoms with E-state index in [1.807, 2.05) is 0 Å². The Kier molecular flexibility index (Phi) is 4.87. The first-order valence-corrected chi connectivity index (χ1v) is 8.52. The predicted molar refractivity (Wildman–Crippen MR) is 94.6 cm³/mol. The minimum absolute atomic E-state index is 0.0919. The van der Waals surface area contributed by atoms with Crippen molar-refractivity contribution in [2.45, 2.75) is 19.8 Å². The highest BCUT2D eigenvalue weighted by molar-refractivity contribution is 6.04. The Labute approximate surface area is 142 Å². The molecule has 1 amide bonds. The number of hydrogen-bond acceptors (Lipinski definition) is 5. The molecule has 0 spiro atoms. The van der Waals surface area contributed by atoms with Gasteiger partial charge in [0.1, 0.15) is 0 Å². The number of nitrogens with one attached hydrogen (secondary N) is 2. The van der Waals surface area contributed by atoms with E-state index in [1.165, 1.54) is 0 Å². The molecule has 6 heteroatoms. The van der Waals surface area contributed by atoms with Crippen LogP contribution in [0.4, 0.5) is 5.69 Å². The fraction of sp³-hybridized carbons (Fsp3) is 0.556. The van der Waals surface area contributed by atoms with E-state index in [-0.39, 0.29) is 11.3 Å². The zero-order chi connectivity index (χ0) is 17.2. The van der Waals surface area contributed by atoms with Gasteiger partial charge in [-0.25, -0.2) is 0 Å². The largest absolute Gasteiger partial charge is 0.398 e. The molecule has 2 fully saturated rings. The Morgan fingerprint density at radius 1 is 1.38 bits per heavy atom. The number of anilines is 1. The zero-order valence-corrected chi connectivity index (χ0v) is 14.2. The van der Waals surface area contributed by atoms with E-state index in [4.69, 9.17) is 15.9 Å². The molecular weight excluding hydrogens is 304 g/mol. The smallest absolute Gasteiger partial charge is 0.251 e. The second-order valence-electron chi connectivity index (χ2n) is 7.00. The molecule has 1 saturated heterocycles. The first-order valence-electron chi connectivity index (χ1n) is 8.52. The fourth-order valence-electron chi connectivity index (χ4n) is 3.19. The highest BCUT2D eigenvalue weighted by Crippen LogP contribution is 2.45. The third kappa shape index (κ3) is 3.94. The molecule has 0 unspecified atom stereocenters. The van der Waals surface area contributed by atoms with Gasteiger partial charge < -0.3 is 21.2 Å². The van der Waals surface area contributed by atoms with E-state index >= 15 is 0 Å². The van der Waals surface area contributed by atoms with Crippen LogP contribution in [0.3, 0.4) is 0 Å². The summed E-state index contributed by atoms with van der Waals surface area (Å²) in [5, 5.41) is 10.8. The molecule has 0 aromatic heterocycles. The van der Waals surface area contributed by atoms with Gasteiger partial charge in [0, 0.05) is 54.1 Å². The number of nitrogen functional groups attached to an aromatic ring is 1. The van der Waals surface area contributed by atoms with Crippen LogP contribution < -0.4 is 11.1 Å². The van der Waals surface area contributed by atoms with Gasteiger partial charge in [-0.05, 0) is 38.0 Å². The van der Waals surface area contributed by atoms with E-state index in [0.717, 1.165) is 45.7 Å². The van der Waals surface area contributed by atoms with Crippen LogP contribution >= 0.6 is 0 Å². The van der Waals surface area contributed by atoms with Crippen LogP contribution in [0.15, 0.2) is 18.2 Å². The van der Waals surface area contributed by atoms with Crippen molar-refractivity contribution in [2.24, 2.45) is 5.41 Å². The molecule has 1 heterocycles. The number of nitrogens with zero attached hydrogens (tertiary/aromatic N) is 1. The molecule has 1 aliphatic heterocycles. The molecule has 1 aromatic rings. The van der Waals surface area contributed by atoms with Gasteiger partial charge in [-0.1, -0.05) is 0 Å². The van der Waals surface area contributed by atoms with Crippen molar-refractivity contribution in [3.8, 4) is 0 Å². The van der Waals surface area contributed by atoms with Crippen molar-refractivity contribution in [3.05, 3.63) is 29.3 Å². The number of morpholine rings is 1. The highest BCUT2D eigenvalue weighted by Gasteiger charge is 2.44. The van der Waals surface area contributed by atoms with E-state index < -0.39 is 0 Å². The summed E-state index contributed by atoms with van der Waals surface area (Å²) < 4.78 is 5.39. The zero-order valence-electron chi connectivity index (χ0n) is 14.2. The standard InChI is InChI=1S/C18H26N4O2/c1-13(19)15-10-14(2-3-16(15)20)17(23)21-11-18(4-5-18)12-22-6-8-24-9-7-22/h2-3,10,19H,4-9,11-12,20H2,1H3,(H,21,23). The van der Waals surface area contributed by atoms with Crippen LogP contribution in [0.25, 0.3) is 0 Å². The number of carbonyl (C=O) groups excluding carboxylic acids is 1. The molecule has 6 nitrogen and oxygen atoms in total. The second-order valence-corrected chi connectivity index (χ2v) is 7.00. The molecule has 2 aliphatic rings. The molecule has 24 heavy (non-hydrogen) atoms. The van der Waals surface area contributed by atoms with Crippen LogP contribution in [-0.2, 0) is 4.74 Å². The van der Waals surface area contributed by atoms with Crippen molar-refractivity contribution in [2.75, 3.05) is 45.1 Å². The van der Waals surface area contributed by atoms with E-state index in [2.05, 4.69) is 10.2 Å². The third-order valence-corrected chi connectivity index (χ3v) is 4.96. The maximum atomic E-state index is 12.4. The molecule has 3 rings (SSSR count). The lowest BCUT2D eigenvalue weighted by Crippen LogP contribution is -2.43. The molecule has 1 aliphatic carbocycles. The number of carbonyl (C=O) groups is 1. The number of amides is 1. The lowest BCUT2D eigenvalue weighted by atomic mass is 10.0. The summed E-state index contributed by atoms with van der Waals surface area (Å²) in [6.07, 6.45) is 2.33. The van der Waals surface area contributed by atoms with Gasteiger partial charge in [-0.2, -0.15) is 0 Å². The molecule has 1 saturated carbocycles. The molecule has 1 aromatic carbocycles. The summed E-state index contributed by atoms with van der Waals surface area (Å²) in [6, 6.07) is 5.12. The minimum atomic E-state index is -0.0919. The van der Waals surface area contributed by atoms with Gasteiger partial charge in [0.25, 0.3) is 5.91 Å². The van der Waals surface area contributed by atoms with Gasteiger partial charge in [-0.15, -0.1) is 0 Å². The first kappa shape index (κ1) is 16.9. The Morgan fingerprint density at radius 2 is 2.08 bits per heavy atom. The lowest BCUT2D eigenvalue weighted by molar-refractivity contribution is 0.0283. The van der Waals surface area contributed by atoms with Crippen molar-refractivity contribution < 1.29 is 9.53 Å². The normalized spacial score (nSPS) is 19.7. The van der Waals surface area contributed by atoms with Gasteiger partial charge >= 0.3 is 0 Å². The van der Waals surface area contributed by atoms with E-state index in [1.54, 1.807) is 25.1 Å². The van der Waals surface area contributed by atoms with E-state index in [9.17, 15) is 4.79 Å². The number of nitrogens with two attached hydrogens (primary N) is 1. The maximum Gasteiger partial charge on any atom is 0.251 e. The fourth-order valence-corrected chi connectivity index (χ4v) is 3.19. The van der Waals surface area contributed by atoms with Crippen molar-refractivity contribution >= 4 is 17.3 Å². The molecule has 0 radical (unpaired) electrons. The molecule has 4 N–H and O–H groups in total. The predicted octanol–water partition coefficient (Wildman–Crippen LogP) is 1.50. The Balaban J connectivity index is 1.57. The van der Waals surface area contributed by atoms with Crippen LogP contribution in [0.2, 0.25) is 0 Å². The van der Waals surface area contributed by atoms with Crippen molar-refractivity contribution in [1.29, 1.82) is 5.41 Å². The summed E-state index contributed by atoms with van der Waals surface area (Å²) >= 11 is 0. The Bertz CT molecular complexity index is 634. The lowest BCUT2D eigenvalue weighted by Gasteiger charge is -2.30. The van der Waals surface area contributed by atoms with Crippen molar-refractivity contribution in [3.63, 3.8) is 0 Å². The molecule has 0 bridgehead atoms. The van der Waals surface area contributed by atoms with Crippen LogP contribution in [0.5, 0.6) is 0 Å². The van der Waals surface area contributed by atoms with Crippen molar-refractivity contribution in [1.82, 2.24) is 10.2 Å². The first-order chi connectivity index (χ1) is 11.5. The summed E-state index contributed by atoms with van der Waals surface area (Å²) in [4.78, 5) is 14.9. The Hall–Kier alpha value is -1.92. The summed E-state index contributed by atoms with van der Waals surface area (Å²) in [7, 11) is 0. The van der Waals surface area contributed by atoms with Gasteiger partial charge in [-0.3, -0.25) is 9.69 Å². The SMILES string of the molecule is CC(=N)c1cc(C(=O)NCC2(CN3CCOCC3)CC2)ccc1N. The number of rotatable bonds is 6. The second kappa shape index (κ2) is 6.91. The van der Waals surface area contributed by atoms with Crippen LogP contribution in [-0.4, -0.2) is 55.9 Å². The van der Waals surface area contributed by atoms with Gasteiger partial charge in [0.05, 0.1) is 13.2 Å². The quantitative estimate of drug-likeness (QED) is 0.544. The summed E-state index contributed by atoms with van der Waals surface area (Å²) in [6.45, 7) is 6.98. The number of benzene rings is 1. The van der Waals surface area contributed by atoms with Gasteiger partial charge in [0.2, 0.25) is 0 Å². The topological polar surface area (TPSA) is 91.4 Å². The highest BCUT2D eigenvalue weighted by atomic mass is 16.5. The van der Waals surface area contributed by atoms with Crippen LogP contribution in [0.1, 0.15) is 35.7 Å². The number of ether oxygens (including phenoxy) is 1. The van der Waals surface area contributed by atoms with E-state index in [0.29, 0.717) is 29.1 Å². The summed E-state index contributed by atoms with van der Waals surface area (Å²) in [5.74, 6) is -0.0919. The minimum Gasteiger partial charge on any atom is -0.398 e. The maximum absolute atomic E-state index is 12.4. The summed E-state index contributed by atoms with van der Waals surface area (Å²) in [5.41, 5.74) is 8.17. The van der Waals surface area contributed by atoms with Gasteiger partial charge in [0.15, 0.2) is 0 Å². The molecule has 130 valence electrons. The molecular formula is C18H26N4O2.